The zero-order valence-corrected chi connectivity index (χ0v) is 40.1. The van der Waals surface area contributed by atoms with E-state index in [1.165, 1.54) is 64.2 Å². The zero-order chi connectivity index (χ0) is 46.9. The first-order valence-corrected chi connectivity index (χ1v) is 24.3. The lowest BCUT2D eigenvalue weighted by molar-refractivity contribution is -0.142. The average molecular weight is 911 g/mol. The van der Waals surface area contributed by atoms with Crippen LogP contribution in [0.2, 0.25) is 0 Å². The van der Waals surface area contributed by atoms with Gasteiger partial charge in [-0.3, -0.25) is 14.4 Å². The van der Waals surface area contributed by atoms with Crippen LogP contribution in [0.5, 0.6) is 0 Å². The van der Waals surface area contributed by atoms with Gasteiger partial charge in [-0.25, -0.2) is 14.3 Å². The predicted octanol–water partition coefficient (Wildman–Crippen LogP) is 7.13. The Bertz CT molecular complexity index is 1360. The summed E-state index contributed by atoms with van der Waals surface area (Å²) in [7, 11) is 0. The van der Waals surface area contributed by atoms with Crippen LogP contribution in [-0.4, -0.2) is 128 Å². The van der Waals surface area contributed by atoms with Gasteiger partial charge in [0.05, 0.1) is 58.5 Å². The molecule has 3 amide bonds. The van der Waals surface area contributed by atoms with Gasteiger partial charge in [0.25, 0.3) is 0 Å². The Balaban J connectivity index is 1.92. The second-order valence-corrected chi connectivity index (χ2v) is 17.7. The second-order valence-electron chi connectivity index (χ2n) is 17.7. The number of carbonyl (C=O) groups excluding carboxylic acids is 4. The summed E-state index contributed by atoms with van der Waals surface area (Å²) in [5.41, 5.74) is 1.03. The number of rotatable bonds is 44. The zero-order valence-electron chi connectivity index (χ0n) is 40.1. The van der Waals surface area contributed by atoms with Crippen molar-refractivity contribution in [1.82, 2.24) is 30.9 Å². The molecule has 0 radical (unpaired) electrons. The number of ether oxygens (including phenoxy) is 5. The van der Waals surface area contributed by atoms with Crippen molar-refractivity contribution in [3.63, 3.8) is 0 Å². The van der Waals surface area contributed by atoms with Gasteiger partial charge < -0.3 is 44.7 Å². The number of unbranched alkanes of at least 4 members (excludes halogenated alkanes) is 13. The summed E-state index contributed by atoms with van der Waals surface area (Å²) < 4.78 is 28.9. The average Bonchev–Trinajstić information content (AvgIpc) is 3.70. The number of ketones is 1. The lowest BCUT2D eigenvalue weighted by Gasteiger charge is -2.17. The Morgan fingerprint density at radius 1 is 0.656 bits per heavy atom. The summed E-state index contributed by atoms with van der Waals surface area (Å²) in [6.45, 7) is 12.8. The number of carboxylic acids is 1. The summed E-state index contributed by atoms with van der Waals surface area (Å²) >= 11 is 0. The first kappa shape index (κ1) is 58.3. The number of hydrogen-bond acceptors (Lipinski definition) is 12. The highest BCUT2D eigenvalue weighted by Crippen LogP contribution is 2.21. The second kappa shape index (κ2) is 39.7. The molecule has 0 fully saturated rings. The number of Topliss-reactive ketones (excluding diaryl/α,β-unsaturated/α-hetero) is 1. The van der Waals surface area contributed by atoms with Gasteiger partial charge in [0.1, 0.15) is 12.6 Å². The summed E-state index contributed by atoms with van der Waals surface area (Å²) in [5.74, 6) is -1.81. The van der Waals surface area contributed by atoms with Gasteiger partial charge in [-0.1, -0.05) is 116 Å². The largest absolute Gasteiger partial charge is 0.480 e. The molecule has 0 aliphatic rings. The molecule has 4 N–H and O–H groups in total. The molecule has 370 valence electrons. The Hall–Kier alpha value is -3.67. The molecular weight excluding hydrogens is 825 g/mol. The fraction of sp³-hybridized carbons (Fsp3) is 0.851. The van der Waals surface area contributed by atoms with Gasteiger partial charge in [0.15, 0.2) is 5.78 Å². The third kappa shape index (κ3) is 37.7. The smallest absolute Gasteiger partial charge is 0.407 e. The molecule has 17 heteroatoms. The van der Waals surface area contributed by atoms with E-state index in [0.717, 1.165) is 44.2 Å². The number of nitrogens with zero attached hydrogens (tertiary/aromatic N) is 3. The van der Waals surface area contributed by atoms with E-state index in [4.69, 9.17) is 23.7 Å². The lowest BCUT2D eigenvalue weighted by atomic mass is 9.90. The molecule has 64 heavy (non-hydrogen) atoms. The number of carboxylic acid groups (broad SMARTS) is 1. The minimum Gasteiger partial charge on any atom is -0.480 e. The number of aliphatic carboxylic acids is 1. The maximum absolute atomic E-state index is 12.3. The molecule has 1 aromatic rings. The van der Waals surface area contributed by atoms with E-state index < -0.39 is 18.1 Å². The summed E-state index contributed by atoms with van der Waals surface area (Å²) in [6, 6.07) is -1.11. The molecule has 1 rings (SSSR count). The van der Waals surface area contributed by atoms with E-state index in [2.05, 4.69) is 54.0 Å². The number of carbonyl (C=O) groups is 5. The molecule has 1 atom stereocenters. The van der Waals surface area contributed by atoms with E-state index >= 15 is 0 Å². The van der Waals surface area contributed by atoms with Gasteiger partial charge >= 0.3 is 12.1 Å². The van der Waals surface area contributed by atoms with Crippen LogP contribution in [0.3, 0.4) is 0 Å². The fourth-order valence-electron chi connectivity index (χ4n) is 6.62. The van der Waals surface area contributed by atoms with Crippen molar-refractivity contribution in [3.8, 4) is 0 Å². The normalized spacial score (nSPS) is 11.9. The number of amides is 3. The van der Waals surface area contributed by atoms with E-state index in [9.17, 15) is 29.1 Å². The van der Waals surface area contributed by atoms with Crippen LogP contribution in [0.1, 0.15) is 168 Å². The summed E-state index contributed by atoms with van der Waals surface area (Å²) in [4.78, 5) is 60.2. The van der Waals surface area contributed by atoms with E-state index in [1.807, 2.05) is 0 Å². The van der Waals surface area contributed by atoms with E-state index in [-0.39, 0.29) is 76.4 Å². The Labute approximate surface area is 383 Å². The highest BCUT2D eigenvalue weighted by molar-refractivity contribution is 5.84. The molecule has 0 spiro atoms. The van der Waals surface area contributed by atoms with Crippen molar-refractivity contribution in [2.45, 2.75) is 182 Å². The van der Waals surface area contributed by atoms with Crippen LogP contribution < -0.4 is 16.0 Å². The third-order valence-corrected chi connectivity index (χ3v) is 10.4. The van der Waals surface area contributed by atoms with Gasteiger partial charge in [-0.15, -0.1) is 5.10 Å². The number of nitrogens with one attached hydrogen (secondary N) is 3. The maximum atomic E-state index is 12.3. The molecule has 1 heterocycles. The van der Waals surface area contributed by atoms with Crippen molar-refractivity contribution in [2.24, 2.45) is 5.41 Å². The van der Waals surface area contributed by atoms with Crippen LogP contribution in [0, 0.1) is 5.41 Å². The molecule has 0 saturated carbocycles. The van der Waals surface area contributed by atoms with Gasteiger partial charge in [-0.2, -0.15) is 0 Å². The highest BCUT2D eigenvalue weighted by Gasteiger charge is 2.21. The Morgan fingerprint density at radius 2 is 1.28 bits per heavy atom. The minimum atomic E-state index is -1.16. The van der Waals surface area contributed by atoms with Crippen LogP contribution >= 0.6 is 0 Å². The number of hydrogen-bond donors (Lipinski definition) is 4. The van der Waals surface area contributed by atoms with Gasteiger partial charge in [0, 0.05) is 51.6 Å². The van der Waals surface area contributed by atoms with Crippen molar-refractivity contribution >= 4 is 29.7 Å². The van der Waals surface area contributed by atoms with E-state index in [0.29, 0.717) is 64.2 Å². The van der Waals surface area contributed by atoms with Gasteiger partial charge in [0.2, 0.25) is 11.8 Å². The molecule has 1 aromatic heterocycles. The SMILES string of the molecule is CCCCCCCCCCCCCCCC(=O)NC(CCC(=O)NCCOCCOCC(=O)CCCOCCOCCn1cc(CCOC(=O)NCCCCC(C)(C)C)nn1)C(=O)O. The predicted molar refractivity (Wildman–Crippen MR) is 246 cm³/mol. The first-order valence-electron chi connectivity index (χ1n) is 24.3. The monoisotopic (exact) mass is 911 g/mol. The maximum Gasteiger partial charge on any atom is 0.407 e. The summed E-state index contributed by atoms with van der Waals surface area (Å²) in [5, 5.41) is 25.7. The Kier molecular flexibility index (Phi) is 36.2. The number of aromatic nitrogens is 3. The minimum absolute atomic E-state index is 0.00320. The molecule has 1 unspecified atom stereocenters. The lowest BCUT2D eigenvalue weighted by Crippen LogP contribution is -2.41. The molecule has 0 aliphatic carbocycles. The van der Waals surface area contributed by atoms with Crippen molar-refractivity contribution in [3.05, 3.63) is 11.9 Å². The van der Waals surface area contributed by atoms with Crippen molar-refractivity contribution < 1.29 is 52.8 Å². The van der Waals surface area contributed by atoms with Crippen molar-refractivity contribution in [2.75, 3.05) is 72.6 Å². The van der Waals surface area contributed by atoms with Crippen LogP contribution in [-0.2, 0) is 55.8 Å². The fourth-order valence-corrected chi connectivity index (χ4v) is 6.62. The molecule has 0 aromatic carbocycles. The quantitative estimate of drug-likeness (QED) is 0.0480. The van der Waals surface area contributed by atoms with E-state index in [1.54, 1.807) is 10.9 Å². The van der Waals surface area contributed by atoms with Crippen LogP contribution in [0.4, 0.5) is 4.79 Å². The molecule has 0 aliphatic heterocycles. The third-order valence-electron chi connectivity index (χ3n) is 10.4. The topological polar surface area (TPSA) is 219 Å². The number of alkyl carbamates (subject to hydrolysis) is 1. The van der Waals surface area contributed by atoms with Crippen LogP contribution in [0.15, 0.2) is 6.20 Å². The molecular formula is C47H86N6O11. The standard InChI is InChI=1S/C47H86N6O11/c1-5-6-7-8-9-10-11-12-13-14-15-16-17-22-44(56)50-42(45(57)58)23-24-43(55)48-28-32-61-36-37-63-39-41(54)21-20-30-60-34-35-62-33-29-53-38-40(51-52-53)25-31-64-46(59)49-27-19-18-26-47(2,3)4/h38,42H,5-37,39H2,1-4H3,(H,48,55)(H,49,59)(H,50,56)(H,57,58). The Morgan fingerprint density at radius 3 is 1.94 bits per heavy atom. The van der Waals surface area contributed by atoms with Crippen LogP contribution in [0.25, 0.3) is 0 Å². The molecule has 0 bridgehead atoms. The highest BCUT2D eigenvalue weighted by atomic mass is 16.5. The molecule has 17 nitrogen and oxygen atoms in total. The molecule has 0 saturated heterocycles. The first-order chi connectivity index (χ1) is 30.9. The summed E-state index contributed by atoms with van der Waals surface area (Å²) in [6.07, 6.45) is 21.8. The van der Waals surface area contributed by atoms with Crippen molar-refractivity contribution in [1.29, 1.82) is 0 Å². The van der Waals surface area contributed by atoms with Gasteiger partial charge in [-0.05, 0) is 37.5 Å².